The molecular formula is C18H17FN4O4. The van der Waals surface area contributed by atoms with E-state index in [-0.39, 0.29) is 30.3 Å². The standard InChI is InChI=1S/C18H17FN4O4/c1-8-7-23-13-11(3-10(6-20)4-12(13)19)5-18(14(23)9(2)27-8)15(24)21-17(26)22-16(18)25/h3-4,8-9,14H,5,7H2,1-2H3,(H2,21,22,24,25,26)/t8-,9+,14?/m1/s1. The number of fused-ring (bicyclic) bond motifs is 4. The number of nitrogens with zero attached hydrogens (tertiary/aromatic N) is 2. The number of nitrogens with one attached hydrogen (secondary N) is 2. The minimum Gasteiger partial charge on any atom is -0.372 e. The molecule has 140 valence electrons. The van der Waals surface area contributed by atoms with E-state index in [9.17, 15) is 18.8 Å². The molecule has 1 unspecified atom stereocenters. The molecule has 3 aliphatic heterocycles. The molecule has 1 spiro atoms. The number of amides is 4. The first-order valence-electron chi connectivity index (χ1n) is 8.59. The van der Waals surface area contributed by atoms with E-state index < -0.39 is 41.2 Å². The number of carbonyl (C=O) groups is 3. The smallest absolute Gasteiger partial charge is 0.328 e. The number of halogens is 1. The topological polar surface area (TPSA) is 112 Å². The van der Waals surface area contributed by atoms with E-state index in [1.165, 1.54) is 6.07 Å². The molecule has 9 heteroatoms. The molecule has 0 aliphatic carbocycles. The summed E-state index contributed by atoms with van der Waals surface area (Å²) in [6, 6.07) is 2.84. The first kappa shape index (κ1) is 17.4. The maximum atomic E-state index is 14.9. The average Bonchev–Trinajstić information content (AvgIpc) is 2.58. The third-order valence-electron chi connectivity index (χ3n) is 5.48. The molecule has 0 aromatic heterocycles. The van der Waals surface area contributed by atoms with Crippen molar-refractivity contribution >= 4 is 23.5 Å². The van der Waals surface area contributed by atoms with Crippen LogP contribution in [0.25, 0.3) is 0 Å². The van der Waals surface area contributed by atoms with Crippen LogP contribution in [-0.4, -0.2) is 42.6 Å². The maximum absolute atomic E-state index is 14.9. The number of nitriles is 1. The molecular weight excluding hydrogens is 355 g/mol. The summed E-state index contributed by atoms with van der Waals surface area (Å²) >= 11 is 0. The van der Waals surface area contributed by atoms with Crippen LogP contribution in [0.3, 0.4) is 0 Å². The van der Waals surface area contributed by atoms with Crippen LogP contribution < -0.4 is 15.5 Å². The van der Waals surface area contributed by atoms with E-state index in [2.05, 4.69) is 10.6 Å². The zero-order valence-electron chi connectivity index (χ0n) is 14.7. The van der Waals surface area contributed by atoms with E-state index in [4.69, 9.17) is 10.00 Å². The summed E-state index contributed by atoms with van der Waals surface area (Å²) in [5.74, 6) is -2.08. The van der Waals surface area contributed by atoms with Crippen LogP contribution in [0.15, 0.2) is 12.1 Å². The molecule has 1 aromatic carbocycles. The fraction of sp³-hybridized carbons (Fsp3) is 0.444. The summed E-state index contributed by atoms with van der Waals surface area (Å²) in [5.41, 5.74) is -0.921. The zero-order chi connectivity index (χ0) is 19.5. The highest BCUT2D eigenvalue weighted by atomic mass is 19.1. The van der Waals surface area contributed by atoms with Crippen molar-refractivity contribution in [1.82, 2.24) is 10.6 Å². The second-order valence-corrected chi connectivity index (χ2v) is 7.21. The van der Waals surface area contributed by atoms with E-state index in [0.717, 1.165) is 6.07 Å². The van der Waals surface area contributed by atoms with Gasteiger partial charge in [0.1, 0.15) is 5.82 Å². The number of carbonyl (C=O) groups excluding carboxylic acids is 3. The number of morpholine rings is 1. The number of imide groups is 2. The fourth-order valence-corrected chi connectivity index (χ4v) is 4.60. The number of urea groups is 1. The third kappa shape index (κ3) is 2.33. The van der Waals surface area contributed by atoms with Gasteiger partial charge in [0.2, 0.25) is 11.8 Å². The van der Waals surface area contributed by atoms with E-state index >= 15 is 0 Å². The van der Waals surface area contributed by atoms with Crippen molar-refractivity contribution in [3.8, 4) is 6.07 Å². The van der Waals surface area contributed by atoms with Crippen molar-refractivity contribution in [3.63, 3.8) is 0 Å². The summed E-state index contributed by atoms with van der Waals surface area (Å²) in [7, 11) is 0. The van der Waals surface area contributed by atoms with Gasteiger partial charge in [-0.05, 0) is 31.5 Å². The van der Waals surface area contributed by atoms with Gasteiger partial charge in [0.05, 0.1) is 35.6 Å². The summed E-state index contributed by atoms with van der Waals surface area (Å²) in [6.07, 6.45) is -0.963. The lowest BCUT2D eigenvalue weighted by molar-refractivity contribution is -0.153. The summed E-state index contributed by atoms with van der Waals surface area (Å²) in [6.45, 7) is 3.81. The first-order valence-corrected chi connectivity index (χ1v) is 8.59. The number of anilines is 1. The highest BCUT2D eigenvalue weighted by molar-refractivity contribution is 6.20. The molecule has 27 heavy (non-hydrogen) atoms. The number of ether oxygens (including phenoxy) is 1. The van der Waals surface area contributed by atoms with Gasteiger partial charge in [-0.2, -0.15) is 5.26 Å². The molecule has 0 radical (unpaired) electrons. The Morgan fingerprint density at radius 3 is 2.56 bits per heavy atom. The van der Waals surface area contributed by atoms with E-state index in [1.807, 2.05) is 13.0 Å². The minimum absolute atomic E-state index is 0.0990. The quantitative estimate of drug-likeness (QED) is 0.645. The predicted molar refractivity (Wildman–Crippen MR) is 90.1 cm³/mol. The second-order valence-electron chi connectivity index (χ2n) is 7.21. The largest absolute Gasteiger partial charge is 0.372 e. The number of benzene rings is 1. The van der Waals surface area contributed by atoms with Crippen molar-refractivity contribution in [3.05, 3.63) is 29.1 Å². The van der Waals surface area contributed by atoms with Crippen molar-refractivity contribution in [2.45, 2.75) is 38.5 Å². The normalized spacial score (nSPS) is 28.7. The van der Waals surface area contributed by atoms with Gasteiger partial charge >= 0.3 is 6.03 Å². The minimum atomic E-state index is -1.67. The molecule has 2 N–H and O–H groups in total. The number of barbiturate groups is 1. The van der Waals surface area contributed by atoms with Crippen LogP contribution in [-0.2, 0) is 20.7 Å². The highest BCUT2D eigenvalue weighted by Crippen LogP contribution is 2.47. The highest BCUT2D eigenvalue weighted by Gasteiger charge is 2.63. The van der Waals surface area contributed by atoms with Gasteiger partial charge in [-0.1, -0.05) is 0 Å². The SMILES string of the molecule is C[C@@H]1CN2c3c(F)cc(C#N)cc3CC3(C(=O)NC(=O)NC3=O)C2[C@H](C)O1. The Hall–Kier alpha value is -2.99. The molecule has 0 saturated carbocycles. The van der Waals surface area contributed by atoms with Crippen molar-refractivity contribution in [1.29, 1.82) is 5.26 Å². The number of hydrogen-bond acceptors (Lipinski definition) is 6. The van der Waals surface area contributed by atoms with Gasteiger partial charge in [0, 0.05) is 13.0 Å². The van der Waals surface area contributed by atoms with Crippen molar-refractivity contribution in [2.24, 2.45) is 5.41 Å². The third-order valence-corrected chi connectivity index (χ3v) is 5.48. The first-order chi connectivity index (χ1) is 12.8. The molecule has 3 heterocycles. The fourth-order valence-electron chi connectivity index (χ4n) is 4.60. The van der Waals surface area contributed by atoms with Gasteiger partial charge in [0.15, 0.2) is 5.41 Å². The molecule has 0 bridgehead atoms. The monoisotopic (exact) mass is 372 g/mol. The Bertz CT molecular complexity index is 905. The Morgan fingerprint density at radius 2 is 1.93 bits per heavy atom. The van der Waals surface area contributed by atoms with Crippen molar-refractivity contribution in [2.75, 3.05) is 11.4 Å². The zero-order valence-corrected chi connectivity index (χ0v) is 14.7. The number of hydrogen-bond donors (Lipinski definition) is 2. The van der Waals surface area contributed by atoms with E-state index in [0.29, 0.717) is 5.56 Å². The van der Waals surface area contributed by atoms with Crippen LogP contribution in [0, 0.1) is 22.6 Å². The second kappa shape index (κ2) is 5.76. The summed E-state index contributed by atoms with van der Waals surface area (Å²) in [5, 5.41) is 13.5. The van der Waals surface area contributed by atoms with Gasteiger partial charge in [0.25, 0.3) is 0 Å². The van der Waals surface area contributed by atoms with Crippen LogP contribution in [0.1, 0.15) is 25.0 Å². The van der Waals surface area contributed by atoms with E-state index in [1.54, 1.807) is 11.8 Å². The van der Waals surface area contributed by atoms with Gasteiger partial charge in [-0.25, -0.2) is 9.18 Å². The molecule has 2 saturated heterocycles. The van der Waals surface area contributed by atoms with Gasteiger partial charge in [-0.15, -0.1) is 0 Å². The average molecular weight is 372 g/mol. The molecule has 8 nitrogen and oxygen atoms in total. The summed E-state index contributed by atoms with van der Waals surface area (Å²) < 4.78 is 20.7. The number of rotatable bonds is 0. The predicted octanol–water partition coefficient (Wildman–Crippen LogP) is 0.588. The van der Waals surface area contributed by atoms with Crippen LogP contribution >= 0.6 is 0 Å². The summed E-state index contributed by atoms with van der Waals surface area (Å²) in [4.78, 5) is 39.0. The van der Waals surface area contributed by atoms with Crippen molar-refractivity contribution < 1.29 is 23.5 Å². The lowest BCUT2D eigenvalue weighted by Gasteiger charge is -2.55. The Kier molecular flexibility index (Phi) is 3.71. The molecule has 1 aromatic rings. The molecule has 4 rings (SSSR count). The van der Waals surface area contributed by atoms with Gasteiger partial charge < -0.3 is 9.64 Å². The van der Waals surface area contributed by atoms with Crippen LogP contribution in [0.5, 0.6) is 0 Å². The molecule has 3 aliphatic rings. The Morgan fingerprint density at radius 1 is 1.26 bits per heavy atom. The van der Waals surface area contributed by atoms with Gasteiger partial charge in [-0.3, -0.25) is 20.2 Å². The van der Waals surface area contributed by atoms with Crippen LogP contribution in [0.2, 0.25) is 0 Å². The molecule has 2 fully saturated rings. The Balaban J connectivity index is 1.96. The van der Waals surface area contributed by atoms with Crippen LogP contribution in [0.4, 0.5) is 14.9 Å². The molecule has 4 amide bonds. The lowest BCUT2D eigenvalue weighted by atomic mass is 9.66. The molecule has 3 atom stereocenters. The maximum Gasteiger partial charge on any atom is 0.328 e. The Labute approximate surface area is 154 Å². The lowest BCUT2D eigenvalue weighted by Crippen LogP contribution is -2.75.